The third kappa shape index (κ3) is 5.86. The zero-order chi connectivity index (χ0) is 21.2. The molecule has 3 rings (SSSR count). The number of rotatable bonds is 10. The van der Waals surface area contributed by atoms with E-state index in [9.17, 15) is 9.90 Å². The van der Waals surface area contributed by atoms with E-state index in [1.165, 1.54) is 19.3 Å². The van der Waals surface area contributed by atoms with E-state index in [4.69, 9.17) is 4.74 Å². The Kier molecular flexibility index (Phi) is 7.90. The molecule has 0 atom stereocenters. The summed E-state index contributed by atoms with van der Waals surface area (Å²) in [5, 5.41) is 12.4. The molecule has 2 N–H and O–H groups in total. The molecule has 0 fully saturated rings. The first-order chi connectivity index (χ1) is 14.7. The minimum absolute atomic E-state index is 0.157. The smallest absolute Gasteiger partial charge is 0.260 e. The van der Waals surface area contributed by atoms with Crippen LogP contribution in [0.3, 0.4) is 0 Å². The topological polar surface area (TPSA) is 58.6 Å². The van der Waals surface area contributed by atoms with Gasteiger partial charge in [0.15, 0.2) is 0 Å². The lowest BCUT2D eigenvalue weighted by Crippen LogP contribution is -2.15. The van der Waals surface area contributed by atoms with Gasteiger partial charge in [0.1, 0.15) is 11.5 Å². The Morgan fingerprint density at radius 2 is 1.60 bits per heavy atom. The number of hydrogen-bond donors (Lipinski definition) is 2. The quantitative estimate of drug-likeness (QED) is 0.294. The number of hydrogen-bond acceptors (Lipinski definition) is 3. The number of amides is 1. The van der Waals surface area contributed by atoms with Gasteiger partial charge < -0.3 is 15.2 Å². The molecule has 0 aromatic heterocycles. The molecule has 30 heavy (non-hydrogen) atoms. The number of ether oxygens (including phenoxy) is 1. The largest absolute Gasteiger partial charge is 0.508 e. The van der Waals surface area contributed by atoms with Gasteiger partial charge in [0.05, 0.1) is 12.2 Å². The zero-order valence-corrected chi connectivity index (χ0v) is 17.4. The molecule has 3 aromatic rings. The molecule has 4 nitrogen and oxygen atoms in total. The van der Waals surface area contributed by atoms with Crippen molar-refractivity contribution in [3.05, 3.63) is 78.4 Å². The Bertz CT molecular complexity index is 936. The van der Waals surface area contributed by atoms with Gasteiger partial charge in [-0.25, -0.2) is 0 Å². The van der Waals surface area contributed by atoms with E-state index >= 15 is 0 Å². The van der Waals surface area contributed by atoms with E-state index in [0.29, 0.717) is 23.6 Å². The van der Waals surface area contributed by atoms with Crippen LogP contribution in [-0.4, -0.2) is 17.6 Å². The van der Waals surface area contributed by atoms with Gasteiger partial charge in [0, 0.05) is 5.69 Å². The summed E-state index contributed by atoms with van der Waals surface area (Å²) in [6, 6.07) is 22.0. The fourth-order valence-electron chi connectivity index (χ4n) is 3.37. The number of nitrogens with one attached hydrogen (secondary N) is 1. The summed E-state index contributed by atoms with van der Waals surface area (Å²) in [6.45, 7) is 2.78. The number of benzene rings is 3. The fourth-order valence-corrected chi connectivity index (χ4v) is 3.37. The van der Waals surface area contributed by atoms with Crippen molar-refractivity contribution in [2.75, 3.05) is 11.9 Å². The fraction of sp³-hybridized carbons (Fsp3) is 0.269. The number of anilines is 1. The average molecular weight is 404 g/mol. The highest BCUT2D eigenvalue weighted by molar-refractivity contribution is 6.10. The summed E-state index contributed by atoms with van der Waals surface area (Å²) in [6.07, 6.45) is 5.75. The van der Waals surface area contributed by atoms with E-state index in [0.717, 1.165) is 24.0 Å². The zero-order valence-electron chi connectivity index (χ0n) is 17.4. The maximum atomic E-state index is 13.2. The van der Waals surface area contributed by atoms with Crippen molar-refractivity contribution < 1.29 is 14.6 Å². The van der Waals surface area contributed by atoms with Crippen LogP contribution in [0, 0.1) is 0 Å². The first kappa shape index (κ1) is 21.4. The van der Waals surface area contributed by atoms with Crippen LogP contribution in [0.25, 0.3) is 11.1 Å². The number of unbranched alkanes of at least 4 members (excludes halogenated alkanes) is 4. The Labute approximate surface area is 178 Å². The molecule has 0 aliphatic carbocycles. The Morgan fingerprint density at radius 1 is 0.867 bits per heavy atom. The van der Waals surface area contributed by atoms with Crippen LogP contribution in [0.2, 0.25) is 0 Å². The standard InChI is InChI=1S/C26H29NO3/c1-2-3-4-5-9-19-30-24-14-10-13-23(20-11-7-6-8-12-20)25(24)26(29)27-21-15-17-22(28)18-16-21/h6-8,10-18,28H,2-5,9,19H2,1H3,(H,27,29). The molecular formula is C26H29NO3. The summed E-state index contributed by atoms with van der Waals surface area (Å²) in [7, 11) is 0. The lowest BCUT2D eigenvalue weighted by Gasteiger charge is -2.16. The molecule has 0 radical (unpaired) electrons. The average Bonchev–Trinajstić information content (AvgIpc) is 2.78. The molecule has 156 valence electrons. The summed E-state index contributed by atoms with van der Waals surface area (Å²) in [5.41, 5.74) is 2.92. The van der Waals surface area contributed by atoms with Gasteiger partial charge in [0.2, 0.25) is 0 Å². The summed E-state index contributed by atoms with van der Waals surface area (Å²) in [4.78, 5) is 13.2. The number of carbonyl (C=O) groups excluding carboxylic acids is 1. The lowest BCUT2D eigenvalue weighted by atomic mass is 9.98. The monoisotopic (exact) mass is 403 g/mol. The molecule has 0 aliphatic heterocycles. The van der Waals surface area contributed by atoms with Crippen molar-refractivity contribution in [2.45, 2.75) is 39.0 Å². The van der Waals surface area contributed by atoms with Crippen LogP contribution in [0.5, 0.6) is 11.5 Å². The van der Waals surface area contributed by atoms with E-state index in [2.05, 4.69) is 12.2 Å². The first-order valence-electron chi connectivity index (χ1n) is 10.6. The molecule has 0 heterocycles. The predicted octanol–water partition coefficient (Wildman–Crippen LogP) is 6.66. The van der Waals surface area contributed by atoms with E-state index < -0.39 is 0 Å². The van der Waals surface area contributed by atoms with Crippen molar-refractivity contribution in [2.24, 2.45) is 0 Å². The molecule has 0 unspecified atom stereocenters. The van der Waals surface area contributed by atoms with Gasteiger partial charge in [0.25, 0.3) is 5.91 Å². The van der Waals surface area contributed by atoms with Gasteiger partial charge in [-0.05, 0) is 47.9 Å². The molecule has 0 spiro atoms. The van der Waals surface area contributed by atoms with Crippen molar-refractivity contribution in [3.63, 3.8) is 0 Å². The molecule has 0 saturated heterocycles. The summed E-state index contributed by atoms with van der Waals surface area (Å²) >= 11 is 0. The Balaban J connectivity index is 1.84. The first-order valence-corrected chi connectivity index (χ1v) is 10.6. The Morgan fingerprint density at radius 3 is 2.33 bits per heavy atom. The number of phenolic OH excluding ortho intramolecular Hbond substituents is 1. The molecule has 0 bridgehead atoms. The predicted molar refractivity (Wildman–Crippen MR) is 122 cm³/mol. The number of aromatic hydroxyl groups is 1. The maximum Gasteiger partial charge on any atom is 0.260 e. The molecule has 0 aliphatic rings. The van der Waals surface area contributed by atoms with Crippen molar-refractivity contribution in [3.8, 4) is 22.6 Å². The number of carbonyl (C=O) groups is 1. The van der Waals surface area contributed by atoms with Crippen LogP contribution in [0.1, 0.15) is 49.4 Å². The van der Waals surface area contributed by atoms with Crippen LogP contribution in [-0.2, 0) is 0 Å². The van der Waals surface area contributed by atoms with Crippen LogP contribution < -0.4 is 10.1 Å². The third-order valence-electron chi connectivity index (χ3n) is 4.97. The van der Waals surface area contributed by atoms with Crippen LogP contribution in [0.15, 0.2) is 72.8 Å². The molecule has 1 amide bonds. The van der Waals surface area contributed by atoms with Crippen LogP contribution >= 0.6 is 0 Å². The van der Waals surface area contributed by atoms with Crippen molar-refractivity contribution in [1.82, 2.24) is 0 Å². The van der Waals surface area contributed by atoms with E-state index in [-0.39, 0.29) is 11.7 Å². The molecular weight excluding hydrogens is 374 g/mol. The van der Waals surface area contributed by atoms with Gasteiger partial charge in [-0.1, -0.05) is 75.1 Å². The van der Waals surface area contributed by atoms with Gasteiger partial charge in [-0.3, -0.25) is 4.79 Å². The highest BCUT2D eigenvalue weighted by Gasteiger charge is 2.19. The molecule has 0 saturated carbocycles. The van der Waals surface area contributed by atoms with Crippen LogP contribution in [0.4, 0.5) is 5.69 Å². The lowest BCUT2D eigenvalue weighted by molar-refractivity contribution is 0.102. The van der Waals surface area contributed by atoms with Gasteiger partial charge in [-0.2, -0.15) is 0 Å². The molecule has 3 aromatic carbocycles. The highest BCUT2D eigenvalue weighted by atomic mass is 16.5. The van der Waals surface area contributed by atoms with Gasteiger partial charge >= 0.3 is 0 Å². The van der Waals surface area contributed by atoms with E-state index in [1.54, 1.807) is 24.3 Å². The maximum absolute atomic E-state index is 13.2. The molecule has 4 heteroatoms. The Hall–Kier alpha value is -3.27. The summed E-state index contributed by atoms with van der Waals surface area (Å²) in [5.74, 6) is 0.508. The minimum atomic E-state index is -0.235. The second-order valence-corrected chi connectivity index (χ2v) is 7.31. The SMILES string of the molecule is CCCCCCCOc1cccc(-c2ccccc2)c1C(=O)Nc1ccc(O)cc1. The minimum Gasteiger partial charge on any atom is -0.508 e. The summed E-state index contributed by atoms with van der Waals surface area (Å²) < 4.78 is 6.06. The number of phenols is 1. The third-order valence-corrected chi connectivity index (χ3v) is 4.97. The van der Waals surface area contributed by atoms with Gasteiger partial charge in [-0.15, -0.1) is 0 Å². The van der Waals surface area contributed by atoms with E-state index in [1.807, 2.05) is 48.5 Å². The second kappa shape index (κ2) is 11.1. The van der Waals surface area contributed by atoms with Crippen molar-refractivity contribution >= 4 is 11.6 Å². The van der Waals surface area contributed by atoms with Crippen molar-refractivity contribution in [1.29, 1.82) is 0 Å². The second-order valence-electron chi connectivity index (χ2n) is 7.31. The normalized spacial score (nSPS) is 10.6. The highest BCUT2D eigenvalue weighted by Crippen LogP contribution is 2.32.